The lowest BCUT2D eigenvalue weighted by Crippen LogP contribution is -2.29. The van der Waals surface area contributed by atoms with Crippen molar-refractivity contribution >= 4 is 5.69 Å². The molecule has 2 N–H and O–H groups in total. The van der Waals surface area contributed by atoms with Crippen LogP contribution < -0.4 is 11.3 Å². The number of nitrogens with two attached hydrogens (primary N) is 1. The van der Waals surface area contributed by atoms with Crippen molar-refractivity contribution in [2.45, 2.75) is 71.4 Å². The molecule has 0 radical (unpaired) electrons. The molecule has 102 valence electrons. The molecule has 0 saturated heterocycles. The number of rotatable bonds is 3. The number of hydrogen-bond acceptors (Lipinski definition) is 2. The fraction of sp³-hybridized carbons (Fsp3) is 0.786. The molecule has 1 aliphatic carbocycles. The molecule has 2 rings (SSSR count). The normalized spacial score (nSPS) is 17.6. The van der Waals surface area contributed by atoms with Crippen LogP contribution in [0.3, 0.4) is 0 Å². The van der Waals surface area contributed by atoms with Gasteiger partial charge in [0.25, 0.3) is 5.56 Å². The predicted molar refractivity (Wildman–Crippen MR) is 75.0 cm³/mol. The molecule has 0 bridgehead atoms. The molecule has 0 unspecified atom stereocenters. The summed E-state index contributed by atoms with van der Waals surface area (Å²) in [6, 6.07) is 0.348. The van der Waals surface area contributed by atoms with Gasteiger partial charge >= 0.3 is 0 Å². The third-order valence-corrected chi connectivity index (χ3v) is 4.02. The Labute approximate surface area is 109 Å². The Morgan fingerprint density at radius 1 is 1.28 bits per heavy atom. The van der Waals surface area contributed by atoms with Crippen molar-refractivity contribution in [1.29, 1.82) is 0 Å². The Morgan fingerprint density at radius 2 is 1.89 bits per heavy atom. The summed E-state index contributed by atoms with van der Waals surface area (Å²) in [5.74, 6) is 0.294. The number of aromatic nitrogens is 2. The average Bonchev–Trinajstić information content (AvgIpc) is 2.63. The molecule has 18 heavy (non-hydrogen) atoms. The van der Waals surface area contributed by atoms with Crippen LogP contribution in [0.15, 0.2) is 4.79 Å². The van der Waals surface area contributed by atoms with Gasteiger partial charge in [-0.15, -0.1) is 0 Å². The molecule has 0 aliphatic heterocycles. The van der Waals surface area contributed by atoms with E-state index in [0.29, 0.717) is 17.6 Å². The fourth-order valence-electron chi connectivity index (χ4n) is 3.22. The van der Waals surface area contributed by atoms with Crippen LogP contribution in [-0.4, -0.2) is 9.36 Å². The maximum Gasteiger partial charge on any atom is 0.290 e. The second-order valence-corrected chi connectivity index (χ2v) is 5.61. The van der Waals surface area contributed by atoms with Gasteiger partial charge in [-0.3, -0.25) is 9.48 Å². The van der Waals surface area contributed by atoms with E-state index in [2.05, 4.69) is 25.5 Å². The Hall–Kier alpha value is -1.19. The quantitative estimate of drug-likeness (QED) is 0.898. The van der Waals surface area contributed by atoms with Gasteiger partial charge in [0.2, 0.25) is 0 Å². The molecule has 1 aromatic rings. The van der Waals surface area contributed by atoms with E-state index in [0.717, 1.165) is 25.1 Å². The molecule has 4 nitrogen and oxygen atoms in total. The van der Waals surface area contributed by atoms with Gasteiger partial charge in [0.15, 0.2) is 0 Å². The zero-order chi connectivity index (χ0) is 13.3. The third-order valence-electron chi connectivity index (χ3n) is 4.02. The van der Waals surface area contributed by atoms with E-state index in [1.54, 1.807) is 0 Å². The second-order valence-electron chi connectivity index (χ2n) is 5.61. The van der Waals surface area contributed by atoms with Crippen LogP contribution in [0.2, 0.25) is 0 Å². The smallest absolute Gasteiger partial charge is 0.290 e. The topological polar surface area (TPSA) is 52.9 Å². The second kappa shape index (κ2) is 5.21. The van der Waals surface area contributed by atoms with Crippen molar-refractivity contribution < 1.29 is 0 Å². The van der Waals surface area contributed by atoms with Crippen LogP contribution in [-0.2, 0) is 6.54 Å². The van der Waals surface area contributed by atoms with E-state index >= 15 is 0 Å². The molecule has 1 aromatic heterocycles. The van der Waals surface area contributed by atoms with Crippen LogP contribution in [0.25, 0.3) is 0 Å². The van der Waals surface area contributed by atoms with Crippen LogP contribution in [0, 0.1) is 0 Å². The number of nitrogens with zero attached hydrogens (tertiary/aromatic N) is 2. The largest absolute Gasteiger partial charge is 0.393 e. The summed E-state index contributed by atoms with van der Waals surface area (Å²) in [7, 11) is 0. The van der Waals surface area contributed by atoms with Crippen molar-refractivity contribution in [3.05, 3.63) is 16.0 Å². The Kier molecular flexibility index (Phi) is 3.83. The zero-order valence-corrected chi connectivity index (χ0v) is 11.8. The van der Waals surface area contributed by atoms with Crippen molar-refractivity contribution in [2.24, 2.45) is 0 Å². The van der Waals surface area contributed by atoms with Gasteiger partial charge < -0.3 is 5.73 Å². The monoisotopic (exact) mass is 251 g/mol. The van der Waals surface area contributed by atoms with E-state index in [1.165, 1.54) is 19.3 Å². The molecular formula is C14H25N3O. The van der Waals surface area contributed by atoms with E-state index in [9.17, 15) is 4.79 Å². The molecule has 1 fully saturated rings. The summed E-state index contributed by atoms with van der Waals surface area (Å²) < 4.78 is 4.04. The number of nitrogen functional groups attached to an aromatic ring is 1. The molecule has 0 aromatic carbocycles. The van der Waals surface area contributed by atoms with Crippen LogP contribution in [0.4, 0.5) is 5.69 Å². The standard InChI is InChI=1S/C14H25N3O/c1-4-16-13(10(2)3)12(15)14(18)17(16)11-8-6-5-7-9-11/h10-11H,4-9,15H2,1-3H3. The van der Waals surface area contributed by atoms with Crippen LogP contribution in [0.5, 0.6) is 0 Å². The zero-order valence-electron chi connectivity index (χ0n) is 11.8. The minimum atomic E-state index is 0.0208. The van der Waals surface area contributed by atoms with Gasteiger partial charge in [-0.25, -0.2) is 4.68 Å². The maximum absolute atomic E-state index is 12.4. The first-order valence-corrected chi connectivity index (χ1v) is 7.18. The molecule has 1 heterocycles. The molecular weight excluding hydrogens is 226 g/mol. The molecule has 4 heteroatoms. The van der Waals surface area contributed by atoms with Crippen molar-refractivity contribution in [2.75, 3.05) is 5.73 Å². The predicted octanol–water partition coefficient (Wildman–Crippen LogP) is 2.88. The lowest BCUT2D eigenvalue weighted by molar-refractivity contribution is 0.280. The summed E-state index contributed by atoms with van der Waals surface area (Å²) in [5.41, 5.74) is 7.52. The lowest BCUT2D eigenvalue weighted by Gasteiger charge is -2.26. The van der Waals surface area contributed by atoms with Gasteiger partial charge in [-0.2, -0.15) is 0 Å². The highest BCUT2D eigenvalue weighted by atomic mass is 16.1. The van der Waals surface area contributed by atoms with Crippen molar-refractivity contribution in [3.63, 3.8) is 0 Å². The minimum absolute atomic E-state index is 0.0208. The summed E-state index contributed by atoms with van der Waals surface area (Å²) >= 11 is 0. The van der Waals surface area contributed by atoms with Crippen molar-refractivity contribution in [1.82, 2.24) is 9.36 Å². The highest BCUT2D eigenvalue weighted by molar-refractivity contribution is 5.43. The average molecular weight is 251 g/mol. The minimum Gasteiger partial charge on any atom is -0.393 e. The first kappa shape index (κ1) is 13.2. The van der Waals surface area contributed by atoms with Gasteiger partial charge in [0.1, 0.15) is 5.69 Å². The highest BCUT2D eigenvalue weighted by Crippen LogP contribution is 2.29. The molecule has 0 amide bonds. The Balaban J connectivity index is 2.52. The third kappa shape index (κ3) is 2.08. The van der Waals surface area contributed by atoms with Gasteiger partial charge in [0, 0.05) is 6.54 Å². The molecule has 1 saturated carbocycles. The first-order valence-electron chi connectivity index (χ1n) is 7.18. The van der Waals surface area contributed by atoms with Gasteiger partial charge in [0.05, 0.1) is 11.7 Å². The molecule has 0 spiro atoms. The van der Waals surface area contributed by atoms with Crippen LogP contribution in [0.1, 0.15) is 70.5 Å². The van der Waals surface area contributed by atoms with E-state index in [1.807, 2.05) is 4.68 Å². The summed E-state index contributed by atoms with van der Waals surface area (Å²) in [4.78, 5) is 12.4. The van der Waals surface area contributed by atoms with E-state index in [4.69, 9.17) is 5.73 Å². The molecule has 1 aliphatic rings. The SMILES string of the molecule is CCn1c(C(C)C)c(N)c(=O)n1C1CCCCC1. The Morgan fingerprint density at radius 3 is 2.39 bits per heavy atom. The first-order chi connectivity index (χ1) is 8.57. The summed E-state index contributed by atoms with van der Waals surface area (Å²) in [5, 5.41) is 0. The maximum atomic E-state index is 12.4. The Bertz CT molecular complexity index is 464. The summed E-state index contributed by atoms with van der Waals surface area (Å²) in [6.45, 7) is 7.10. The highest BCUT2D eigenvalue weighted by Gasteiger charge is 2.25. The van der Waals surface area contributed by atoms with Gasteiger partial charge in [-0.05, 0) is 25.7 Å². The number of hydrogen-bond donors (Lipinski definition) is 1. The fourth-order valence-corrected chi connectivity index (χ4v) is 3.22. The van der Waals surface area contributed by atoms with E-state index in [-0.39, 0.29) is 5.56 Å². The molecule has 0 atom stereocenters. The number of anilines is 1. The van der Waals surface area contributed by atoms with E-state index < -0.39 is 0 Å². The van der Waals surface area contributed by atoms with Gasteiger partial charge in [-0.1, -0.05) is 33.1 Å². The van der Waals surface area contributed by atoms with Crippen molar-refractivity contribution in [3.8, 4) is 0 Å². The van der Waals surface area contributed by atoms with Crippen LogP contribution >= 0.6 is 0 Å². The summed E-state index contributed by atoms with van der Waals surface area (Å²) in [6.07, 6.45) is 5.97. The lowest BCUT2D eigenvalue weighted by atomic mass is 9.96.